The van der Waals surface area contributed by atoms with Crippen molar-refractivity contribution in [3.8, 4) is 11.8 Å². The third kappa shape index (κ3) is 4.10. The van der Waals surface area contributed by atoms with Crippen LogP contribution in [0.5, 0.6) is 5.75 Å². The molecule has 1 fully saturated rings. The smallest absolute Gasteiger partial charge is 0.349 e. The van der Waals surface area contributed by atoms with E-state index in [1.807, 2.05) is 22.8 Å². The van der Waals surface area contributed by atoms with Gasteiger partial charge in [0, 0.05) is 32.7 Å². The summed E-state index contributed by atoms with van der Waals surface area (Å²) in [4.78, 5) is 37.2. The molecule has 2 aromatic heterocycles. The van der Waals surface area contributed by atoms with Gasteiger partial charge in [-0.1, -0.05) is 12.1 Å². The number of ether oxygens (including phenoxy) is 1. The van der Waals surface area contributed by atoms with E-state index in [0.29, 0.717) is 47.8 Å². The van der Waals surface area contributed by atoms with Gasteiger partial charge in [-0.2, -0.15) is 10.2 Å². The number of piperazine rings is 1. The van der Waals surface area contributed by atoms with E-state index >= 15 is 0 Å². The quantitative estimate of drug-likeness (QED) is 0.619. The number of carbonyl (C=O) groups is 1. The fraction of sp³-hybridized carbons (Fsp3) is 0.348. The normalized spacial score (nSPS) is 17.5. The lowest BCUT2D eigenvalue weighted by Crippen LogP contribution is -2.54. The molecule has 170 valence electrons. The predicted molar refractivity (Wildman–Crippen MR) is 121 cm³/mol. The first kappa shape index (κ1) is 22.2. The molecule has 10 nitrogen and oxygen atoms in total. The Bertz CT molecular complexity index is 1300. The van der Waals surface area contributed by atoms with Crippen LogP contribution in [0, 0.1) is 11.3 Å². The number of aromatic nitrogens is 3. The summed E-state index contributed by atoms with van der Waals surface area (Å²) in [5.74, 6) is 0.140. The molecule has 0 saturated carbocycles. The number of benzene rings is 1. The zero-order valence-corrected chi connectivity index (χ0v) is 18.6. The molecule has 10 heteroatoms. The zero-order valence-electron chi connectivity index (χ0n) is 18.6. The van der Waals surface area contributed by atoms with E-state index in [9.17, 15) is 20.0 Å². The number of carboxylic acids is 1. The predicted octanol–water partition coefficient (Wildman–Crippen LogP) is 1.55. The topological polar surface area (TPSA) is 125 Å². The first-order valence-electron chi connectivity index (χ1n) is 10.5. The maximum atomic E-state index is 12.5. The summed E-state index contributed by atoms with van der Waals surface area (Å²) in [6, 6.07) is 11.4. The standard InChI is InChI=1S/C23H24N6O4/c1-14-13-28(20(22(30)31)15-4-7-17(33-3)8-5-15)10-11-29(14)21-19-18(27(2)23(32)26-21)9-6-16(12-24)25-19/h4-9,14,20H,10-11,13H2,1-3H3,(H,30,31). The molecule has 3 aromatic rings. The number of methoxy groups -OCH3 is 1. The van der Waals surface area contributed by atoms with Crippen molar-refractivity contribution in [3.05, 3.63) is 58.1 Å². The minimum atomic E-state index is -0.932. The fourth-order valence-corrected chi connectivity index (χ4v) is 4.30. The SMILES string of the molecule is COc1ccc(C(C(=O)O)N2CCN(c3nc(=O)n(C)c4ccc(C#N)nc34)C(C)C2)cc1. The van der Waals surface area contributed by atoms with Crippen molar-refractivity contribution in [2.24, 2.45) is 7.05 Å². The van der Waals surface area contributed by atoms with E-state index in [0.717, 1.165) is 0 Å². The number of aliphatic carboxylic acids is 1. The number of hydrogen-bond acceptors (Lipinski definition) is 8. The molecule has 2 unspecified atom stereocenters. The van der Waals surface area contributed by atoms with Crippen LogP contribution in [0.15, 0.2) is 41.2 Å². The number of hydrogen-bond donors (Lipinski definition) is 1. The van der Waals surface area contributed by atoms with Gasteiger partial charge in [0.05, 0.1) is 12.6 Å². The molecule has 1 saturated heterocycles. The number of fused-ring (bicyclic) bond motifs is 1. The number of pyridine rings is 1. The van der Waals surface area contributed by atoms with Crippen molar-refractivity contribution in [2.75, 3.05) is 31.6 Å². The van der Waals surface area contributed by atoms with Crippen molar-refractivity contribution in [1.29, 1.82) is 5.26 Å². The number of carboxylic acid groups (broad SMARTS) is 1. The first-order valence-corrected chi connectivity index (χ1v) is 10.5. The summed E-state index contributed by atoms with van der Waals surface area (Å²) in [5.41, 5.74) is 1.55. The Morgan fingerprint density at radius 2 is 1.94 bits per heavy atom. The van der Waals surface area contributed by atoms with Crippen molar-refractivity contribution in [1.82, 2.24) is 19.4 Å². The highest BCUT2D eigenvalue weighted by atomic mass is 16.5. The Balaban J connectivity index is 1.66. The van der Waals surface area contributed by atoms with Gasteiger partial charge >= 0.3 is 11.7 Å². The molecule has 1 aromatic carbocycles. The third-order valence-corrected chi connectivity index (χ3v) is 6.01. The molecule has 0 amide bonds. The summed E-state index contributed by atoms with van der Waals surface area (Å²) in [7, 11) is 3.18. The molecule has 1 aliphatic rings. The van der Waals surface area contributed by atoms with Crippen LogP contribution in [0.4, 0.5) is 5.82 Å². The first-order chi connectivity index (χ1) is 15.8. The van der Waals surface area contributed by atoms with Crippen molar-refractivity contribution in [2.45, 2.75) is 19.0 Å². The summed E-state index contributed by atoms with van der Waals surface area (Å²) in [5, 5.41) is 19.2. The van der Waals surface area contributed by atoms with Gasteiger partial charge in [0.25, 0.3) is 0 Å². The van der Waals surface area contributed by atoms with E-state index in [1.165, 1.54) is 4.57 Å². The minimum Gasteiger partial charge on any atom is -0.497 e. The lowest BCUT2D eigenvalue weighted by molar-refractivity contribution is -0.144. The Hall–Kier alpha value is -3.97. The number of rotatable bonds is 5. The van der Waals surface area contributed by atoms with Crippen molar-refractivity contribution < 1.29 is 14.6 Å². The maximum absolute atomic E-state index is 12.5. The van der Waals surface area contributed by atoms with Gasteiger partial charge in [0.15, 0.2) is 5.82 Å². The Kier molecular flexibility index (Phi) is 5.98. The summed E-state index contributed by atoms with van der Waals surface area (Å²) >= 11 is 0. The average Bonchev–Trinajstić information content (AvgIpc) is 2.82. The highest BCUT2D eigenvalue weighted by Crippen LogP contribution is 2.29. The number of aryl methyl sites for hydroxylation is 1. The molecule has 3 heterocycles. The molecule has 1 N–H and O–H groups in total. The van der Waals surface area contributed by atoms with Crippen molar-refractivity contribution in [3.63, 3.8) is 0 Å². The summed E-state index contributed by atoms with van der Waals surface area (Å²) in [6.07, 6.45) is 0. The highest BCUT2D eigenvalue weighted by molar-refractivity contribution is 5.86. The van der Waals surface area contributed by atoms with Gasteiger partial charge in [-0.05, 0) is 36.8 Å². The molecule has 4 rings (SSSR count). The van der Waals surface area contributed by atoms with Crippen molar-refractivity contribution >= 4 is 22.8 Å². The lowest BCUT2D eigenvalue weighted by Gasteiger charge is -2.42. The van der Waals surface area contributed by atoms with Crippen LogP contribution in [0.2, 0.25) is 0 Å². The van der Waals surface area contributed by atoms with Gasteiger partial charge in [-0.3, -0.25) is 14.3 Å². The van der Waals surface area contributed by atoms with Gasteiger partial charge in [-0.25, -0.2) is 9.78 Å². The van der Waals surface area contributed by atoms with Gasteiger partial charge in [0.1, 0.15) is 29.1 Å². The Morgan fingerprint density at radius 1 is 1.21 bits per heavy atom. The molecule has 0 bridgehead atoms. The minimum absolute atomic E-state index is 0.144. The molecule has 0 aliphatic carbocycles. The molecular formula is C23H24N6O4. The van der Waals surface area contributed by atoms with Gasteiger partial charge < -0.3 is 14.7 Å². The molecular weight excluding hydrogens is 424 g/mol. The molecule has 0 spiro atoms. The van der Waals surface area contributed by atoms with Crippen LogP contribution in [0.3, 0.4) is 0 Å². The largest absolute Gasteiger partial charge is 0.497 e. The maximum Gasteiger partial charge on any atom is 0.349 e. The molecule has 1 aliphatic heterocycles. The zero-order chi connectivity index (χ0) is 23.7. The molecule has 0 radical (unpaired) electrons. The van der Waals surface area contributed by atoms with E-state index in [4.69, 9.17) is 4.74 Å². The number of nitrogens with zero attached hydrogens (tertiary/aromatic N) is 6. The van der Waals surface area contributed by atoms with Gasteiger partial charge in [0.2, 0.25) is 0 Å². The van der Waals surface area contributed by atoms with Gasteiger partial charge in [-0.15, -0.1) is 0 Å². The molecule has 33 heavy (non-hydrogen) atoms. The summed E-state index contributed by atoms with van der Waals surface area (Å²) in [6.45, 7) is 3.30. The monoisotopic (exact) mass is 448 g/mol. The highest BCUT2D eigenvalue weighted by Gasteiger charge is 2.34. The van der Waals surface area contributed by atoms with Crippen LogP contribution in [-0.4, -0.2) is 63.3 Å². The fourth-order valence-electron chi connectivity index (χ4n) is 4.30. The van der Waals surface area contributed by atoms with E-state index < -0.39 is 17.7 Å². The lowest BCUT2D eigenvalue weighted by atomic mass is 10.0. The Morgan fingerprint density at radius 3 is 2.55 bits per heavy atom. The second-order valence-corrected chi connectivity index (χ2v) is 8.00. The van der Waals surface area contributed by atoms with Crippen LogP contribution in [0.25, 0.3) is 11.0 Å². The van der Waals surface area contributed by atoms with E-state index in [2.05, 4.69) is 9.97 Å². The van der Waals surface area contributed by atoms with Crippen LogP contribution in [-0.2, 0) is 11.8 Å². The summed E-state index contributed by atoms with van der Waals surface area (Å²) < 4.78 is 6.58. The molecule has 2 atom stereocenters. The second-order valence-electron chi connectivity index (χ2n) is 8.00. The Labute approximate surface area is 190 Å². The van der Waals surface area contributed by atoms with Crippen LogP contribution < -0.4 is 15.3 Å². The van der Waals surface area contributed by atoms with E-state index in [1.54, 1.807) is 50.6 Å². The van der Waals surface area contributed by atoms with E-state index in [-0.39, 0.29) is 11.7 Å². The number of anilines is 1. The number of nitriles is 1. The average molecular weight is 448 g/mol. The van der Waals surface area contributed by atoms with Crippen LogP contribution in [0.1, 0.15) is 24.2 Å². The second kappa shape index (κ2) is 8.88. The third-order valence-electron chi connectivity index (χ3n) is 6.01. The van der Waals surface area contributed by atoms with Crippen LogP contribution >= 0.6 is 0 Å².